The van der Waals surface area contributed by atoms with Gasteiger partial charge in [-0.2, -0.15) is 5.10 Å². The van der Waals surface area contributed by atoms with Gasteiger partial charge in [-0.05, 0) is 32.4 Å². The topological polar surface area (TPSA) is 44.1 Å². The fraction of sp³-hybridized carbons (Fsp3) is 0.250. The zero-order chi connectivity index (χ0) is 15.4. The Labute approximate surface area is 129 Å². The Morgan fingerprint density at radius 2 is 2.14 bits per heavy atom. The van der Waals surface area contributed by atoms with Gasteiger partial charge >= 0.3 is 0 Å². The van der Waals surface area contributed by atoms with Crippen molar-refractivity contribution >= 4 is 17.5 Å². The molecule has 0 saturated heterocycles. The van der Waals surface area contributed by atoms with Gasteiger partial charge in [0.05, 0.1) is 10.7 Å². The number of benzene rings is 1. The second-order valence-corrected chi connectivity index (χ2v) is 5.07. The summed E-state index contributed by atoms with van der Waals surface area (Å²) < 4.78 is 6.83. The Morgan fingerprint density at radius 1 is 1.43 bits per heavy atom. The Kier molecular flexibility index (Phi) is 4.81. The second kappa shape index (κ2) is 6.59. The van der Waals surface area contributed by atoms with Crippen molar-refractivity contribution < 1.29 is 9.53 Å². The molecule has 4 nitrogen and oxygen atoms in total. The number of carbonyl (C=O) groups is 1. The molecule has 0 saturated carbocycles. The number of hydrogen-bond acceptors (Lipinski definition) is 3. The van der Waals surface area contributed by atoms with Gasteiger partial charge in [0.2, 0.25) is 0 Å². The van der Waals surface area contributed by atoms with E-state index in [4.69, 9.17) is 16.3 Å². The maximum absolute atomic E-state index is 12.2. The van der Waals surface area contributed by atoms with Gasteiger partial charge < -0.3 is 4.74 Å². The average molecular weight is 305 g/mol. The first-order valence-electron chi connectivity index (χ1n) is 6.61. The van der Waals surface area contributed by atoms with Crippen molar-refractivity contribution in [3.05, 3.63) is 58.9 Å². The molecule has 0 atom stereocenters. The number of rotatable bonds is 5. The molecular weight excluding hydrogens is 288 g/mol. The highest BCUT2D eigenvalue weighted by atomic mass is 35.5. The first-order chi connectivity index (χ1) is 10.0. The summed E-state index contributed by atoms with van der Waals surface area (Å²) in [5, 5.41) is 4.75. The summed E-state index contributed by atoms with van der Waals surface area (Å²) in [6.07, 6.45) is 2.49. The van der Waals surface area contributed by atoms with Crippen LogP contribution in [0.1, 0.15) is 21.7 Å². The summed E-state index contributed by atoms with van der Waals surface area (Å²) in [7, 11) is 0. The maximum atomic E-state index is 12.2. The molecule has 0 aliphatic rings. The van der Waals surface area contributed by atoms with Crippen LogP contribution in [0.25, 0.3) is 0 Å². The molecule has 0 fully saturated rings. The van der Waals surface area contributed by atoms with E-state index >= 15 is 0 Å². The summed E-state index contributed by atoms with van der Waals surface area (Å²) in [6, 6.07) is 7.05. The number of aryl methyl sites for hydroxylation is 1. The van der Waals surface area contributed by atoms with Crippen LogP contribution in [0, 0.1) is 13.8 Å². The molecule has 1 aromatic carbocycles. The number of carbonyl (C=O) groups excluding carboxylic acids is 1. The molecule has 0 aliphatic heterocycles. The van der Waals surface area contributed by atoms with Crippen LogP contribution in [0.4, 0.5) is 0 Å². The first-order valence-corrected chi connectivity index (χ1v) is 6.99. The first kappa shape index (κ1) is 15.3. The van der Waals surface area contributed by atoms with Crippen molar-refractivity contribution in [2.24, 2.45) is 0 Å². The minimum atomic E-state index is -0.231. The molecule has 5 heteroatoms. The molecule has 1 heterocycles. The van der Waals surface area contributed by atoms with Crippen LogP contribution in [-0.4, -0.2) is 22.3 Å². The van der Waals surface area contributed by atoms with Crippen LogP contribution in [0.2, 0.25) is 5.02 Å². The average Bonchev–Trinajstić information content (AvgIpc) is 2.75. The lowest BCUT2D eigenvalue weighted by Gasteiger charge is -2.08. The van der Waals surface area contributed by atoms with Crippen LogP contribution in [0.15, 0.2) is 36.9 Å². The van der Waals surface area contributed by atoms with Crippen LogP contribution in [-0.2, 0) is 6.42 Å². The van der Waals surface area contributed by atoms with Crippen LogP contribution < -0.4 is 4.74 Å². The highest BCUT2D eigenvalue weighted by Crippen LogP contribution is 2.23. The number of halogens is 1. The second-order valence-electron chi connectivity index (χ2n) is 4.67. The maximum Gasteiger partial charge on any atom is 0.284 e. The Morgan fingerprint density at radius 3 is 2.81 bits per heavy atom. The number of para-hydroxylation sites is 1. The van der Waals surface area contributed by atoms with E-state index in [-0.39, 0.29) is 12.5 Å². The van der Waals surface area contributed by atoms with Gasteiger partial charge in [0, 0.05) is 11.3 Å². The quantitative estimate of drug-likeness (QED) is 0.793. The van der Waals surface area contributed by atoms with E-state index in [9.17, 15) is 4.79 Å². The normalized spacial score (nSPS) is 10.4. The molecule has 0 N–H and O–H groups in total. The lowest BCUT2D eigenvalue weighted by Crippen LogP contribution is -2.21. The van der Waals surface area contributed by atoms with Crippen LogP contribution in [0.5, 0.6) is 5.75 Å². The molecule has 21 heavy (non-hydrogen) atoms. The number of allylic oxidation sites excluding steroid dienone is 1. The van der Waals surface area contributed by atoms with Gasteiger partial charge in [-0.25, -0.2) is 4.68 Å². The Bertz CT molecular complexity index is 677. The summed E-state index contributed by atoms with van der Waals surface area (Å²) in [4.78, 5) is 12.2. The van der Waals surface area contributed by atoms with Crippen molar-refractivity contribution in [2.75, 3.05) is 6.61 Å². The molecule has 0 radical (unpaired) electrons. The van der Waals surface area contributed by atoms with E-state index in [1.165, 1.54) is 4.68 Å². The third kappa shape index (κ3) is 3.34. The lowest BCUT2D eigenvalue weighted by atomic mass is 10.1. The molecule has 2 rings (SSSR count). The molecule has 0 amide bonds. The monoisotopic (exact) mass is 304 g/mol. The molecule has 0 aliphatic carbocycles. The zero-order valence-corrected chi connectivity index (χ0v) is 12.9. The highest BCUT2D eigenvalue weighted by Gasteiger charge is 2.16. The highest BCUT2D eigenvalue weighted by molar-refractivity contribution is 6.32. The molecule has 1 aromatic heterocycles. The van der Waals surface area contributed by atoms with Crippen molar-refractivity contribution in [1.82, 2.24) is 9.78 Å². The number of aromatic nitrogens is 2. The van der Waals surface area contributed by atoms with E-state index in [0.717, 1.165) is 17.0 Å². The molecule has 0 bridgehead atoms. The SMILES string of the molecule is C=CCc1c(C)nn(C(=O)COc2ccccc2Cl)c1C. The van der Waals surface area contributed by atoms with E-state index < -0.39 is 0 Å². The van der Waals surface area contributed by atoms with E-state index in [1.54, 1.807) is 30.3 Å². The fourth-order valence-electron chi connectivity index (χ4n) is 2.12. The summed E-state index contributed by atoms with van der Waals surface area (Å²) in [6.45, 7) is 7.35. The summed E-state index contributed by atoms with van der Waals surface area (Å²) in [5.41, 5.74) is 2.68. The van der Waals surface area contributed by atoms with Crippen molar-refractivity contribution in [3.8, 4) is 5.75 Å². The van der Waals surface area contributed by atoms with Gasteiger partial charge in [0.1, 0.15) is 5.75 Å². The number of ether oxygens (including phenoxy) is 1. The molecule has 0 spiro atoms. The molecule has 2 aromatic rings. The fourth-order valence-corrected chi connectivity index (χ4v) is 2.31. The van der Waals surface area contributed by atoms with Crippen molar-refractivity contribution in [1.29, 1.82) is 0 Å². The van der Waals surface area contributed by atoms with E-state index in [1.807, 2.05) is 13.8 Å². The Hall–Kier alpha value is -2.07. The smallest absolute Gasteiger partial charge is 0.284 e. The minimum Gasteiger partial charge on any atom is -0.482 e. The van der Waals surface area contributed by atoms with E-state index in [0.29, 0.717) is 17.2 Å². The third-order valence-electron chi connectivity index (χ3n) is 3.21. The zero-order valence-electron chi connectivity index (χ0n) is 12.1. The number of nitrogens with zero attached hydrogens (tertiary/aromatic N) is 2. The summed E-state index contributed by atoms with van der Waals surface area (Å²) >= 11 is 5.99. The summed E-state index contributed by atoms with van der Waals surface area (Å²) in [5.74, 6) is 0.256. The van der Waals surface area contributed by atoms with Gasteiger partial charge in [0.15, 0.2) is 6.61 Å². The largest absolute Gasteiger partial charge is 0.482 e. The van der Waals surface area contributed by atoms with Gasteiger partial charge in [-0.1, -0.05) is 29.8 Å². The molecular formula is C16H17ClN2O2. The Balaban J connectivity index is 2.12. The van der Waals surface area contributed by atoms with E-state index in [2.05, 4.69) is 11.7 Å². The molecule has 110 valence electrons. The lowest BCUT2D eigenvalue weighted by molar-refractivity contribution is 0.0818. The van der Waals surface area contributed by atoms with Gasteiger partial charge in [0.25, 0.3) is 5.91 Å². The van der Waals surface area contributed by atoms with Gasteiger partial charge in [-0.3, -0.25) is 4.79 Å². The van der Waals surface area contributed by atoms with Crippen molar-refractivity contribution in [2.45, 2.75) is 20.3 Å². The predicted molar refractivity (Wildman–Crippen MR) is 83.2 cm³/mol. The van der Waals surface area contributed by atoms with Crippen LogP contribution >= 0.6 is 11.6 Å². The number of hydrogen-bond donors (Lipinski definition) is 0. The minimum absolute atomic E-state index is 0.112. The standard InChI is InChI=1S/C16H17ClN2O2/c1-4-7-13-11(2)18-19(12(13)3)16(20)10-21-15-9-6-5-8-14(15)17/h4-6,8-9H,1,7,10H2,2-3H3. The van der Waals surface area contributed by atoms with Crippen LogP contribution in [0.3, 0.4) is 0 Å². The predicted octanol–water partition coefficient (Wildman–Crippen LogP) is 3.60. The van der Waals surface area contributed by atoms with Crippen molar-refractivity contribution in [3.63, 3.8) is 0 Å². The third-order valence-corrected chi connectivity index (χ3v) is 3.53. The van der Waals surface area contributed by atoms with Gasteiger partial charge in [-0.15, -0.1) is 6.58 Å². The molecule has 0 unspecified atom stereocenters.